The number of aromatic nitrogens is 3. The Morgan fingerprint density at radius 3 is 2.73 bits per heavy atom. The minimum Gasteiger partial charge on any atom is -0.366 e. The molecule has 9 heteroatoms. The van der Waals surface area contributed by atoms with E-state index >= 15 is 0 Å². The van der Waals surface area contributed by atoms with Gasteiger partial charge in [0.25, 0.3) is 0 Å². The summed E-state index contributed by atoms with van der Waals surface area (Å²) >= 11 is 0. The number of nitrogens with zero attached hydrogens (tertiary/aromatic N) is 6. The van der Waals surface area contributed by atoms with Crippen molar-refractivity contribution in [3.63, 3.8) is 0 Å². The van der Waals surface area contributed by atoms with Gasteiger partial charge in [-0.2, -0.15) is 0 Å². The Balaban J connectivity index is 1.34. The van der Waals surface area contributed by atoms with Gasteiger partial charge in [-0.05, 0) is 49.2 Å². The van der Waals surface area contributed by atoms with E-state index in [2.05, 4.69) is 20.2 Å². The molecule has 0 saturated carbocycles. The number of carbonyl (C=O) groups excluding carboxylic acids is 1. The second-order valence-electron chi connectivity index (χ2n) is 8.68. The first-order chi connectivity index (χ1) is 16.2. The number of urea groups is 1. The van der Waals surface area contributed by atoms with E-state index in [1.165, 1.54) is 0 Å². The van der Waals surface area contributed by atoms with Crippen molar-refractivity contribution in [2.75, 3.05) is 46.2 Å². The summed E-state index contributed by atoms with van der Waals surface area (Å²) in [5.41, 5.74) is 2.60. The number of rotatable bonds is 3. The zero-order chi connectivity index (χ0) is 22.4. The minimum absolute atomic E-state index is 0.0584. The van der Waals surface area contributed by atoms with Gasteiger partial charge in [-0.15, -0.1) is 0 Å². The fourth-order valence-electron chi connectivity index (χ4n) is 4.92. The Morgan fingerprint density at radius 1 is 1.00 bits per heavy atom. The van der Waals surface area contributed by atoms with E-state index in [1.54, 1.807) is 23.4 Å². The van der Waals surface area contributed by atoms with Crippen molar-refractivity contribution in [2.24, 2.45) is 0 Å². The van der Waals surface area contributed by atoms with Crippen LogP contribution in [0.3, 0.4) is 0 Å². The second-order valence-corrected chi connectivity index (χ2v) is 8.68. The maximum atomic E-state index is 13.7. The Bertz CT molecular complexity index is 1190. The van der Waals surface area contributed by atoms with Gasteiger partial charge >= 0.3 is 6.03 Å². The topological polar surface area (TPSA) is 77.5 Å². The molecule has 8 nitrogen and oxygen atoms in total. The number of anilines is 4. The van der Waals surface area contributed by atoms with Crippen molar-refractivity contribution in [3.05, 3.63) is 54.9 Å². The molecule has 0 aliphatic carbocycles. The van der Waals surface area contributed by atoms with Gasteiger partial charge in [0, 0.05) is 37.6 Å². The molecule has 3 aliphatic heterocycles. The lowest BCUT2D eigenvalue weighted by Crippen LogP contribution is -2.48. The highest BCUT2D eigenvalue weighted by Crippen LogP contribution is 2.40. The van der Waals surface area contributed by atoms with Crippen molar-refractivity contribution in [3.8, 4) is 11.3 Å². The van der Waals surface area contributed by atoms with Crippen molar-refractivity contribution in [1.29, 1.82) is 0 Å². The second kappa shape index (κ2) is 7.99. The van der Waals surface area contributed by atoms with Crippen LogP contribution in [0.25, 0.3) is 11.3 Å². The summed E-state index contributed by atoms with van der Waals surface area (Å²) in [4.78, 5) is 32.9. The maximum absolute atomic E-state index is 13.7. The molecule has 0 radical (unpaired) electrons. The average molecular weight is 446 g/mol. The van der Waals surface area contributed by atoms with Crippen molar-refractivity contribution in [2.45, 2.75) is 25.1 Å². The van der Waals surface area contributed by atoms with Crippen LogP contribution in [0.4, 0.5) is 32.3 Å². The molecule has 33 heavy (non-hydrogen) atoms. The molecule has 3 aliphatic rings. The van der Waals surface area contributed by atoms with Crippen LogP contribution in [0, 0.1) is 0 Å². The predicted octanol–water partition coefficient (Wildman–Crippen LogP) is 3.72. The SMILES string of the molecule is O=C(Nc1ccccn1)N1c2nc(-c3ccnc(N4CC[C@@H](F)C4)c3)ccc2N2CC[C@H]1C2. The highest BCUT2D eigenvalue weighted by Gasteiger charge is 2.40. The summed E-state index contributed by atoms with van der Waals surface area (Å²) in [7, 11) is 0. The van der Waals surface area contributed by atoms with Crippen LogP contribution in [0.1, 0.15) is 12.8 Å². The molecule has 2 amide bonds. The standard InChI is InChI=1S/C24H24FN7O/c25-17-7-11-31(14-17)22-13-16(6-10-27-22)19-4-5-20-23(28-19)32(18-8-12-30(20)15-18)24(33)29-21-3-1-2-9-26-21/h1-6,9-10,13,17-18H,7-8,11-12,14-15H2,(H,26,29,33)/t17-,18+/m1/s1. The van der Waals surface area contributed by atoms with Crippen LogP contribution < -0.4 is 20.0 Å². The van der Waals surface area contributed by atoms with Gasteiger partial charge in [-0.25, -0.2) is 24.1 Å². The van der Waals surface area contributed by atoms with Gasteiger partial charge in [-0.3, -0.25) is 10.2 Å². The van der Waals surface area contributed by atoms with E-state index in [1.807, 2.05) is 41.3 Å². The quantitative estimate of drug-likeness (QED) is 0.662. The third-order valence-corrected chi connectivity index (χ3v) is 6.57. The smallest absolute Gasteiger partial charge is 0.329 e. The van der Waals surface area contributed by atoms with Crippen LogP contribution >= 0.6 is 0 Å². The monoisotopic (exact) mass is 445 g/mol. The summed E-state index contributed by atoms with van der Waals surface area (Å²) in [6.45, 7) is 2.72. The molecule has 6 rings (SSSR count). The number of fused-ring (bicyclic) bond motifs is 4. The Morgan fingerprint density at radius 2 is 1.91 bits per heavy atom. The molecule has 2 fully saturated rings. The number of halogens is 1. The molecule has 0 aromatic carbocycles. The first-order valence-corrected chi connectivity index (χ1v) is 11.3. The minimum atomic E-state index is -0.812. The molecular formula is C24H24FN7O. The molecule has 1 N–H and O–H groups in total. The van der Waals surface area contributed by atoms with Crippen LogP contribution in [0.2, 0.25) is 0 Å². The summed E-state index contributed by atoms with van der Waals surface area (Å²) in [6.07, 6.45) is 3.99. The van der Waals surface area contributed by atoms with E-state index in [-0.39, 0.29) is 12.1 Å². The van der Waals surface area contributed by atoms with Crippen molar-refractivity contribution < 1.29 is 9.18 Å². The molecule has 6 heterocycles. The number of hydrogen-bond acceptors (Lipinski definition) is 6. The first kappa shape index (κ1) is 19.9. The molecule has 3 aromatic heterocycles. The lowest BCUT2D eigenvalue weighted by Gasteiger charge is -2.35. The van der Waals surface area contributed by atoms with Gasteiger partial charge in [0.05, 0.1) is 24.0 Å². The fourth-order valence-corrected chi connectivity index (χ4v) is 4.92. The van der Waals surface area contributed by atoms with Gasteiger partial charge in [0.15, 0.2) is 5.82 Å². The van der Waals surface area contributed by atoms with Crippen LogP contribution in [0.15, 0.2) is 54.9 Å². The lowest BCUT2D eigenvalue weighted by molar-refractivity contribution is 0.254. The van der Waals surface area contributed by atoms with E-state index in [4.69, 9.17) is 4.98 Å². The predicted molar refractivity (Wildman–Crippen MR) is 126 cm³/mol. The van der Waals surface area contributed by atoms with Crippen molar-refractivity contribution in [1.82, 2.24) is 15.0 Å². The lowest BCUT2D eigenvalue weighted by atomic mass is 10.1. The number of hydrogen-bond donors (Lipinski definition) is 1. The molecule has 3 aromatic rings. The molecule has 168 valence electrons. The third kappa shape index (κ3) is 3.63. The van der Waals surface area contributed by atoms with Gasteiger partial charge in [-0.1, -0.05) is 6.07 Å². The number of nitrogens with one attached hydrogen (secondary N) is 1. The Hall–Kier alpha value is -3.75. The third-order valence-electron chi connectivity index (χ3n) is 6.57. The van der Waals surface area contributed by atoms with Gasteiger partial charge < -0.3 is 9.80 Å². The van der Waals surface area contributed by atoms with Gasteiger partial charge in [0.2, 0.25) is 0 Å². The molecule has 2 bridgehead atoms. The molecule has 0 unspecified atom stereocenters. The van der Waals surface area contributed by atoms with Crippen molar-refractivity contribution >= 4 is 29.2 Å². The van der Waals surface area contributed by atoms with Gasteiger partial charge in [0.1, 0.15) is 17.8 Å². The maximum Gasteiger partial charge on any atom is 0.329 e. The van der Waals surface area contributed by atoms with E-state index < -0.39 is 6.17 Å². The average Bonchev–Trinajstić information content (AvgIpc) is 3.47. The largest absolute Gasteiger partial charge is 0.366 e. The van der Waals surface area contributed by atoms with Crippen LogP contribution in [0.5, 0.6) is 0 Å². The number of amides is 2. The van der Waals surface area contributed by atoms with E-state index in [9.17, 15) is 9.18 Å². The zero-order valence-corrected chi connectivity index (χ0v) is 18.1. The molecular weight excluding hydrogens is 421 g/mol. The first-order valence-electron chi connectivity index (χ1n) is 11.3. The molecule has 2 saturated heterocycles. The molecule has 2 atom stereocenters. The fraction of sp³-hybridized carbons (Fsp3) is 0.333. The zero-order valence-electron chi connectivity index (χ0n) is 18.1. The summed E-state index contributed by atoms with van der Waals surface area (Å²) in [6, 6.07) is 13.1. The van der Waals surface area contributed by atoms with Crippen LogP contribution in [-0.2, 0) is 0 Å². The highest BCUT2D eigenvalue weighted by atomic mass is 19.1. The Kier molecular flexibility index (Phi) is 4.82. The summed E-state index contributed by atoms with van der Waals surface area (Å²) in [5.74, 6) is 1.91. The number of alkyl halides is 1. The summed E-state index contributed by atoms with van der Waals surface area (Å²) < 4.78 is 13.7. The number of pyridine rings is 3. The van der Waals surface area contributed by atoms with E-state index in [0.29, 0.717) is 31.1 Å². The molecule has 0 spiro atoms. The van der Waals surface area contributed by atoms with Crippen LogP contribution in [-0.4, -0.2) is 59.4 Å². The Labute approximate surface area is 191 Å². The van der Waals surface area contributed by atoms with E-state index in [0.717, 1.165) is 42.3 Å². The summed E-state index contributed by atoms with van der Waals surface area (Å²) in [5, 5.41) is 2.91. The number of carbonyl (C=O) groups is 1. The highest BCUT2D eigenvalue weighted by molar-refractivity contribution is 6.04. The normalized spacial score (nSPS) is 21.3.